The van der Waals surface area contributed by atoms with Crippen LogP contribution < -0.4 is 10.6 Å². The number of carbonyl (C=O) groups excluding carboxylic acids is 1. The molecule has 0 radical (unpaired) electrons. The van der Waals surface area contributed by atoms with Crippen LogP contribution in [-0.2, 0) is 11.2 Å². The van der Waals surface area contributed by atoms with Gasteiger partial charge in [0.15, 0.2) is 0 Å². The van der Waals surface area contributed by atoms with Gasteiger partial charge in [-0.2, -0.15) is 13.2 Å². The molecule has 102 valence electrons. The van der Waals surface area contributed by atoms with Gasteiger partial charge in [0, 0.05) is 25.4 Å². The first-order valence-electron chi connectivity index (χ1n) is 5.50. The van der Waals surface area contributed by atoms with Crippen molar-refractivity contribution in [2.75, 3.05) is 19.6 Å². The zero-order chi connectivity index (χ0) is 13.4. The number of aromatic amines is 1. The van der Waals surface area contributed by atoms with Crippen LogP contribution in [0.4, 0.5) is 13.2 Å². The average Bonchev–Trinajstić information content (AvgIpc) is 2.75. The van der Waals surface area contributed by atoms with E-state index in [1.807, 2.05) is 5.32 Å². The number of amides is 1. The normalized spacial score (nSPS) is 11.5. The quantitative estimate of drug-likeness (QED) is 0.632. The fourth-order valence-corrected chi connectivity index (χ4v) is 1.30. The van der Waals surface area contributed by atoms with Gasteiger partial charge >= 0.3 is 6.18 Å². The van der Waals surface area contributed by atoms with Gasteiger partial charge in [0.1, 0.15) is 5.82 Å². The lowest BCUT2D eigenvalue weighted by molar-refractivity contribution is -0.128. The molecule has 0 spiro atoms. The van der Waals surface area contributed by atoms with E-state index in [2.05, 4.69) is 15.3 Å². The molecule has 1 heterocycles. The van der Waals surface area contributed by atoms with Crippen LogP contribution in [-0.4, -0.2) is 41.7 Å². The molecule has 1 aromatic rings. The zero-order valence-electron chi connectivity index (χ0n) is 9.68. The molecule has 0 fully saturated rings. The number of hydrogen-bond acceptors (Lipinski definition) is 3. The van der Waals surface area contributed by atoms with Gasteiger partial charge in [0.25, 0.3) is 0 Å². The Morgan fingerprint density at radius 1 is 1.44 bits per heavy atom. The summed E-state index contributed by atoms with van der Waals surface area (Å²) in [5.74, 6) is 0.373. The first-order chi connectivity index (χ1) is 8.47. The molecule has 0 saturated carbocycles. The number of hydrogen-bond donors (Lipinski definition) is 3. The van der Waals surface area contributed by atoms with E-state index in [0.717, 1.165) is 5.82 Å². The number of imidazole rings is 1. The van der Waals surface area contributed by atoms with Crippen molar-refractivity contribution < 1.29 is 18.0 Å². The van der Waals surface area contributed by atoms with Crippen molar-refractivity contribution in [1.82, 2.24) is 20.6 Å². The third-order valence-corrected chi connectivity index (χ3v) is 2.08. The van der Waals surface area contributed by atoms with E-state index in [1.165, 1.54) is 0 Å². The molecular weight excluding hydrogens is 249 g/mol. The summed E-state index contributed by atoms with van der Waals surface area (Å²) in [6.45, 7) is -1.08. The summed E-state index contributed by atoms with van der Waals surface area (Å²) in [7, 11) is 0. The maximum Gasteiger partial charge on any atom is 0.401 e. The molecule has 0 atom stereocenters. The highest BCUT2D eigenvalue weighted by molar-refractivity contribution is 5.77. The van der Waals surface area contributed by atoms with Crippen LogP contribution in [0.25, 0.3) is 0 Å². The number of H-pyrrole nitrogens is 1. The summed E-state index contributed by atoms with van der Waals surface area (Å²) in [6.07, 6.45) is 0.408. The Kier molecular flexibility index (Phi) is 5.63. The zero-order valence-corrected chi connectivity index (χ0v) is 9.68. The molecule has 1 amide bonds. The smallest absolute Gasteiger partial charge is 0.355 e. The first kappa shape index (κ1) is 14.5. The Morgan fingerprint density at radius 2 is 2.22 bits per heavy atom. The van der Waals surface area contributed by atoms with Crippen LogP contribution in [0.2, 0.25) is 0 Å². The summed E-state index contributed by atoms with van der Waals surface area (Å²) in [4.78, 5) is 18.0. The summed E-state index contributed by atoms with van der Waals surface area (Å²) in [5.41, 5.74) is 0. The fourth-order valence-electron chi connectivity index (χ4n) is 1.30. The van der Waals surface area contributed by atoms with Crippen LogP contribution in [0.3, 0.4) is 0 Å². The molecule has 3 N–H and O–H groups in total. The van der Waals surface area contributed by atoms with Crippen molar-refractivity contribution in [2.24, 2.45) is 0 Å². The highest BCUT2D eigenvalue weighted by atomic mass is 19.4. The van der Waals surface area contributed by atoms with Crippen molar-refractivity contribution in [3.63, 3.8) is 0 Å². The Labute approximate surface area is 102 Å². The summed E-state index contributed by atoms with van der Waals surface area (Å²) in [5, 5.41) is 4.54. The van der Waals surface area contributed by atoms with Crippen molar-refractivity contribution in [3.05, 3.63) is 18.2 Å². The number of aryl methyl sites for hydroxylation is 1. The van der Waals surface area contributed by atoms with Crippen molar-refractivity contribution in [3.8, 4) is 0 Å². The van der Waals surface area contributed by atoms with Gasteiger partial charge < -0.3 is 15.6 Å². The minimum absolute atomic E-state index is 0.333. The third-order valence-electron chi connectivity index (χ3n) is 2.08. The lowest BCUT2D eigenvalue weighted by atomic mass is 10.3. The molecule has 18 heavy (non-hydrogen) atoms. The van der Waals surface area contributed by atoms with Crippen molar-refractivity contribution >= 4 is 5.91 Å². The number of nitrogens with one attached hydrogen (secondary N) is 3. The Balaban J connectivity index is 2.00. The molecular formula is C10H15F3N4O. The van der Waals surface area contributed by atoms with Crippen LogP contribution in [0, 0.1) is 0 Å². The average molecular weight is 264 g/mol. The highest BCUT2D eigenvalue weighted by Crippen LogP contribution is 2.11. The molecule has 0 unspecified atom stereocenters. The van der Waals surface area contributed by atoms with E-state index < -0.39 is 18.6 Å². The number of halogens is 3. The minimum atomic E-state index is -4.29. The lowest BCUT2D eigenvalue weighted by Gasteiger charge is -2.08. The molecule has 0 saturated heterocycles. The molecule has 8 heteroatoms. The standard InChI is InChI=1S/C10H15F3N4O/c11-10(12,13)7-14-6-9(18)17-3-1-2-8-15-4-5-16-8/h4-5,14H,1-3,6-7H2,(H,15,16)(H,17,18). The first-order valence-corrected chi connectivity index (χ1v) is 5.50. The van der Waals surface area contributed by atoms with Crippen LogP contribution in [0.5, 0.6) is 0 Å². The van der Waals surface area contributed by atoms with Gasteiger partial charge in [-0.3, -0.25) is 4.79 Å². The minimum Gasteiger partial charge on any atom is -0.355 e. The van der Waals surface area contributed by atoms with E-state index in [4.69, 9.17) is 0 Å². The molecule has 5 nitrogen and oxygen atoms in total. The predicted molar refractivity (Wildman–Crippen MR) is 58.8 cm³/mol. The van der Waals surface area contributed by atoms with Gasteiger partial charge in [-0.25, -0.2) is 4.98 Å². The number of alkyl halides is 3. The molecule has 0 aliphatic carbocycles. The van der Waals surface area contributed by atoms with Crippen LogP contribution >= 0.6 is 0 Å². The topological polar surface area (TPSA) is 69.8 Å². The number of aromatic nitrogens is 2. The molecule has 0 aromatic carbocycles. The van der Waals surface area contributed by atoms with Gasteiger partial charge in [-0.15, -0.1) is 0 Å². The maximum atomic E-state index is 11.8. The molecule has 1 rings (SSSR count). The second kappa shape index (κ2) is 7.00. The van der Waals surface area contributed by atoms with E-state index in [-0.39, 0.29) is 6.54 Å². The summed E-state index contributed by atoms with van der Waals surface area (Å²) >= 11 is 0. The van der Waals surface area contributed by atoms with E-state index in [9.17, 15) is 18.0 Å². The summed E-state index contributed by atoms with van der Waals surface area (Å²) < 4.78 is 35.3. The van der Waals surface area contributed by atoms with Crippen LogP contribution in [0.15, 0.2) is 12.4 Å². The van der Waals surface area contributed by atoms with Crippen molar-refractivity contribution in [1.29, 1.82) is 0 Å². The Hall–Kier alpha value is -1.57. The number of nitrogens with zero attached hydrogens (tertiary/aromatic N) is 1. The van der Waals surface area contributed by atoms with Crippen molar-refractivity contribution in [2.45, 2.75) is 19.0 Å². The maximum absolute atomic E-state index is 11.8. The lowest BCUT2D eigenvalue weighted by Crippen LogP contribution is -2.38. The van der Waals surface area contributed by atoms with E-state index in [0.29, 0.717) is 19.4 Å². The fraction of sp³-hybridized carbons (Fsp3) is 0.600. The summed E-state index contributed by atoms with van der Waals surface area (Å²) in [6, 6.07) is 0. The molecule has 1 aromatic heterocycles. The Morgan fingerprint density at radius 3 is 2.83 bits per heavy atom. The second-order valence-electron chi connectivity index (χ2n) is 3.71. The third kappa shape index (κ3) is 6.89. The molecule has 0 bridgehead atoms. The SMILES string of the molecule is O=C(CNCC(F)(F)F)NCCCc1ncc[nH]1. The van der Waals surface area contributed by atoms with Crippen LogP contribution in [0.1, 0.15) is 12.2 Å². The largest absolute Gasteiger partial charge is 0.401 e. The number of carbonyl (C=O) groups is 1. The van der Waals surface area contributed by atoms with Gasteiger partial charge in [0.05, 0.1) is 13.1 Å². The highest BCUT2D eigenvalue weighted by Gasteiger charge is 2.26. The monoisotopic (exact) mass is 264 g/mol. The number of rotatable bonds is 7. The second-order valence-corrected chi connectivity index (χ2v) is 3.71. The molecule has 0 aliphatic heterocycles. The molecule has 0 aliphatic rings. The van der Waals surface area contributed by atoms with E-state index in [1.54, 1.807) is 12.4 Å². The van der Waals surface area contributed by atoms with Gasteiger partial charge in [0.2, 0.25) is 5.91 Å². The van der Waals surface area contributed by atoms with E-state index >= 15 is 0 Å². The van der Waals surface area contributed by atoms with Gasteiger partial charge in [-0.1, -0.05) is 0 Å². The Bertz CT molecular complexity index is 351. The van der Waals surface area contributed by atoms with Gasteiger partial charge in [-0.05, 0) is 6.42 Å². The predicted octanol–water partition coefficient (Wildman–Crippen LogP) is 0.610.